The molecule has 29 heavy (non-hydrogen) atoms. The fourth-order valence-electron chi connectivity index (χ4n) is 3.59. The lowest BCUT2D eigenvalue weighted by Gasteiger charge is -2.37. The van der Waals surface area contributed by atoms with Crippen molar-refractivity contribution >= 4 is 23.3 Å². The van der Waals surface area contributed by atoms with Gasteiger partial charge in [-0.05, 0) is 36.4 Å². The number of nitrogens with zero attached hydrogens (tertiary/aromatic N) is 2. The van der Waals surface area contributed by atoms with Gasteiger partial charge in [-0.2, -0.15) is 0 Å². The topological polar surface area (TPSA) is 83.0 Å². The number of ether oxygens (including phenoxy) is 1. The second-order valence-electron chi connectivity index (χ2n) is 7.10. The monoisotopic (exact) mass is 396 g/mol. The van der Waals surface area contributed by atoms with Crippen LogP contribution < -0.4 is 15.4 Å². The van der Waals surface area contributed by atoms with Crippen LogP contribution in [0.2, 0.25) is 0 Å². The molecule has 150 valence electrons. The van der Waals surface area contributed by atoms with Gasteiger partial charge in [0.05, 0.1) is 7.11 Å². The van der Waals surface area contributed by atoms with Crippen LogP contribution >= 0.6 is 0 Å². The molecule has 1 spiro atoms. The number of urea groups is 1. The maximum atomic E-state index is 13.1. The molecule has 2 aromatic rings. The van der Waals surface area contributed by atoms with E-state index in [1.807, 2.05) is 0 Å². The Labute approximate surface area is 167 Å². The number of nitrogens with one attached hydrogen (secondary N) is 2. The Hall–Kier alpha value is -3.42. The Morgan fingerprint density at radius 3 is 2.62 bits per heavy atom. The van der Waals surface area contributed by atoms with Gasteiger partial charge in [-0.1, -0.05) is 6.07 Å². The maximum Gasteiger partial charge on any atom is 0.321 e. The molecule has 1 saturated heterocycles. The van der Waals surface area contributed by atoms with Crippen LogP contribution in [0, 0.1) is 5.82 Å². The van der Waals surface area contributed by atoms with Crippen LogP contribution in [0.1, 0.15) is 18.4 Å². The largest absolute Gasteiger partial charge is 0.497 e. The molecule has 2 aliphatic heterocycles. The summed E-state index contributed by atoms with van der Waals surface area (Å²) in [4.78, 5) is 31.3. The average Bonchev–Trinajstić information content (AvgIpc) is 3.04. The molecular formula is C21H21FN4O3. The normalized spacial score (nSPS) is 17.7. The Morgan fingerprint density at radius 1 is 1.21 bits per heavy atom. The van der Waals surface area contributed by atoms with Crippen molar-refractivity contribution in [2.75, 3.05) is 25.5 Å². The average molecular weight is 396 g/mol. The predicted molar refractivity (Wildman–Crippen MR) is 107 cm³/mol. The molecule has 2 aliphatic rings. The Bertz CT molecular complexity index is 966. The second kappa shape index (κ2) is 7.54. The van der Waals surface area contributed by atoms with Crippen molar-refractivity contribution in [3.8, 4) is 5.75 Å². The molecular weight excluding hydrogens is 375 g/mol. The molecule has 8 heteroatoms. The van der Waals surface area contributed by atoms with Crippen LogP contribution in [0.5, 0.6) is 5.75 Å². The molecule has 0 aromatic heterocycles. The molecule has 2 N–H and O–H groups in total. The first kappa shape index (κ1) is 18.9. The van der Waals surface area contributed by atoms with Gasteiger partial charge in [0, 0.05) is 43.2 Å². The number of benzene rings is 2. The zero-order chi connectivity index (χ0) is 20.4. The minimum Gasteiger partial charge on any atom is -0.497 e. The third-order valence-corrected chi connectivity index (χ3v) is 5.20. The summed E-state index contributed by atoms with van der Waals surface area (Å²) in [5.41, 5.74) is 0.826. The van der Waals surface area contributed by atoms with Gasteiger partial charge in [-0.3, -0.25) is 9.79 Å². The van der Waals surface area contributed by atoms with Crippen molar-refractivity contribution in [2.24, 2.45) is 4.99 Å². The SMILES string of the molecule is COc1cccc(NC(=O)N2CCC3(CC2)N=C(c2ccc(F)cc2)C(=O)N3)c1. The van der Waals surface area contributed by atoms with Crippen molar-refractivity contribution in [3.63, 3.8) is 0 Å². The lowest BCUT2D eigenvalue weighted by molar-refractivity contribution is -0.115. The van der Waals surface area contributed by atoms with Gasteiger partial charge < -0.3 is 20.3 Å². The third kappa shape index (κ3) is 3.91. The molecule has 2 heterocycles. The van der Waals surface area contributed by atoms with E-state index in [4.69, 9.17) is 4.74 Å². The van der Waals surface area contributed by atoms with E-state index in [1.165, 1.54) is 12.1 Å². The van der Waals surface area contributed by atoms with Gasteiger partial charge >= 0.3 is 6.03 Å². The van der Waals surface area contributed by atoms with Crippen LogP contribution in [0.4, 0.5) is 14.9 Å². The second-order valence-corrected chi connectivity index (χ2v) is 7.10. The highest BCUT2D eigenvalue weighted by Gasteiger charge is 2.42. The summed E-state index contributed by atoms with van der Waals surface area (Å²) in [6.45, 7) is 0.909. The highest BCUT2D eigenvalue weighted by molar-refractivity contribution is 6.46. The number of halogens is 1. The molecule has 0 saturated carbocycles. The highest BCUT2D eigenvalue weighted by Crippen LogP contribution is 2.29. The van der Waals surface area contributed by atoms with Gasteiger partial charge in [0.2, 0.25) is 0 Å². The lowest BCUT2D eigenvalue weighted by Crippen LogP contribution is -2.53. The van der Waals surface area contributed by atoms with E-state index in [0.29, 0.717) is 48.6 Å². The van der Waals surface area contributed by atoms with Crippen LogP contribution in [-0.2, 0) is 4.79 Å². The molecule has 0 aliphatic carbocycles. The molecule has 0 radical (unpaired) electrons. The number of rotatable bonds is 3. The van der Waals surface area contributed by atoms with Crippen LogP contribution in [0.15, 0.2) is 53.5 Å². The Kier molecular flexibility index (Phi) is 4.92. The van der Waals surface area contributed by atoms with E-state index in [0.717, 1.165) is 0 Å². The van der Waals surface area contributed by atoms with Gasteiger partial charge in [-0.25, -0.2) is 9.18 Å². The van der Waals surface area contributed by atoms with Gasteiger partial charge in [0.15, 0.2) is 0 Å². The number of likely N-dealkylation sites (tertiary alicyclic amines) is 1. The number of methoxy groups -OCH3 is 1. The van der Waals surface area contributed by atoms with E-state index in [-0.39, 0.29) is 17.8 Å². The third-order valence-electron chi connectivity index (χ3n) is 5.20. The fourth-order valence-corrected chi connectivity index (χ4v) is 3.59. The van der Waals surface area contributed by atoms with E-state index in [9.17, 15) is 14.0 Å². The van der Waals surface area contributed by atoms with E-state index in [1.54, 1.807) is 48.4 Å². The minimum absolute atomic E-state index is 0.208. The van der Waals surface area contributed by atoms with Crippen molar-refractivity contribution in [1.82, 2.24) is 10.2 Å². The predicted octanol–water partition coefficient (Wildman–Crippen LogP) is 2.78. The number of carbonyl (C=O) groups excluding carboxylic acids is 2. The maximum absolute atomic E-state index is 13.1. The molecule has 0 bridgehead atoms. The van der Waals surface area contributed by atoms with Crippen molar-refractivity contribution in [1.29, 1.82) is 0 Å². The summed E-state index contributed by atoms with van der Waals surface area (Å²) in [6, 6.07) is 12.7. The highest BCUT2D eigenvalue weighted by atomic mass is 19.1. The molecule has 2 aromatic carbocycles. The number of hydrogen-bond donors (Lipinski definition) is 2. The van der Waals surface area contributed by atoms with E-state index in [2.05, 4.69) is 15.6 Å². The van der Waals surface area contributed by atoms with E-state index < -0.39 is 5.66 Å². The first-order valence-electron chi connectivity index (χ1n) is 9.36. The summed E-state index contributed by atoms with van der Waals surface area (Å²) < 4.78 is 18.3. The quantitative estimate of drug-likeness (QED) is 0.837. The number of carbonyl (C=O) groups is 2. The van der Waals surface area contributed by atoms with Gasteiger partial charge in [0.1, 0.15) is 22.9 Å². The molecule has 4 rings (SSSR count). The first-order chi connectivity index (χ1) is 14.0. The molecule has 1 fully saturated rings. The number of anilines is 1. The molecule has 7 nitrogen and oxygen atoms in total. The van der Waals surface area contributed by atoms with Crippen LogP contribution in [0.3, 0.4) is 0 Å². The van der Waals surface area contributed by atoms with Crippen molar-refractivity contribution in [3.05, 3.63) is 59.9 Å². The van der Waals surface area contributed by atoms with Crippen LogP contribution in [-0.4, -0.2) is 48.4 Å². The summed E-state index contributed by atoms with van der Waals surface area (Å²) in [5, 5.41) is 5.81. The summed E-state index contributed by atoms with van der Waals surface area (Å²) in [6.07, 6.45) is 1.02. The fraction of sp³-hybridized carbons (Fsp3) is 0.286. The number of amides is 3. The van der Waals surface area contributed by atoms with Crippen molar-refractivity contribution < 1.29 is 18.7 Å². The minimum atomic E-state index is -0.715. The van der Waals surface area contributed by atoms with Gasteiger partial charge in [-0.15, -0.1) is 0 Å². The number of aliphatic imine (C=N–C) groups is 1. The molecule has 0 atom stereocenters. The number of hydrogen-bond acceptors (Lipinski definition) is 4. The van der Waals surface area contributed by atoms with Crippen molar-refractivity contribution in [2.45, 2.75) is 18.5 Å². The summed E-state index contributed by atoms with van der Waals surface area (Å²) in [7, 11) is 1.57. The Balaban J connectivity index is 1.41. The summed E-state index contributed by atoms with van der Waals surface area (Å²) in [5.74, 6) is 0.0282. The molecule has 0 unspecified atom stereocenters. The molecule has 3 amide bonds. The van der Waals surface area contributed by atoms with E-state index >= 15 is 0 Å². The zero-order valence-corrected chi connectivity index (χ0v) is 15.9. The number of piperidine rings is 1. The van der Waals surface area contributed by atoms with Crippen LogP contribution in [0.25, 0.3) is 0 Å². The zero-order valence-electron chi connectivity index (χ0n) is 15.9. The first-order valence-corrected chi connectivity index (χ1v) is 9.36. The smallest absolute Gasteiger partial charge is 0.321 e. The van der Waals surface area contributed by atoms with Gasteiger partial charge in [0.25, 0.3) is 5.91 Å². The Morgan fingerprint density at radius 2 is 1.93 bits per heavy atom. The summed E-state index contributed by atoms with van der Waals surface area (Å²) >= 11 is 0. The standard InChI is InChI=1S/C21H21FN4O3/c1-29-17-4-2-3-16(13-17)23-20(28)26-11-9-21(10-12-26)24-18(19(27)25-21)14-5-7-15(22)8-6-14/h2-8,13H,9-12H2,1H3,(H,23,28)(H,25,27). The lowest BCUT2D eigenvalue weighted by atomic mass is 9.98.